The molecule has 0 atom stereocenters. The fraction of sp³-hybridized carbons (Fsp3) is 0.316. The first-order valence-electron chi connectivity index (χ1n) is 8.45. The van der Waals surface area contributed by atoms with Gasteiger partial charge < -0.3 is 15.2 Å². The van der Waals surface area contributed by atoms with Crippen LogP contribution < -0.4 is 10.5 Å². The number of nitrogens with two attached hydrogens (primary N) is 1. The number of benzene rings is 2. The third-order valence-corrected chi connectivity index (χ3v) is 6.85. The van der Waals surface area contributed by atoms with E-state index in [1.54, 1.807) is 36.4 Å². The summed E-state index contributed by atoms with van der Waals surface area (Å²) < 4.78 is 36.5. The van der Waals surface area contributed by atoms with Crippen molar-refractivity contribution in [1.82, 2.24) is 0 Å². The Morgan fingerprint density at radius 1 is 1.04 bits per heavy atom. The number of carbonyl (C=O) groups is 1. The molecule has 27 heavy (non-hydrogen) atoms. The number of sulfone groups is 1. The van der Waals surface area contributed by atoms with E-state index in [2.05, 4.69) is 0 Å². The lowest BCUT2D eigenvalue weighted by atomic mass is 9.81. The Morgan fingerprint density at radius 3 is 2.07 bits per heavy atom. The van der Waals surface area contributed by atoms with E-state index in [1.165, 1.54) is 12.1 Å². The molecule has 6 nitrogen and oxygen atoms in total. The van der Waals surface area contributed by atoms with Crippen molar-refractivity contribution < 1.29 is 22.7 Å². The van der Waals surface area contributed by atoms with Gasteiger partial charge in [-0.15, -0.1) is 0 Å². The van der Waals surface area contributed by atoms with E-state index in [9.17, 15) is 13.2 Å². The summed E-state index contributed by atoms with van der Waals surface area (Å²) >= 11 is 5.84. The van der Waals surface area contributed by atoms with Crippen molar-refractivity contribution in [2.45, 2.75) is 17.7 Å². The summed E-state index contributed by atoms with van der Waals surface area (Å²) in [7, 11) is -3.69. The van der Waals surface area contributed by atoms with E-state index in [-0.39, 0.29) is 10.6 Å². The zero-order chi connectivity index (χ0) is 19.5. The maximum Gasteiger partial charge on any atom is 0.224 e. The first-order chi connectivity index (χ1) is 12.8. The van der Waals surface area contributed by atoms with E-state index >= 15 is 0 Å². The van der Waals surface area contributed by atoms with Crippen LogP contribution in [0.25, 0.3) is 0 Å². The zero-order valence-corrected chi connectivity index (χ0v) is 16.1. The van der Waals surface area contributed by atoms with Crippen molar-refractivity contribution >= 4 is 27.3 Å². The number of halogens is 1. The normalized spacial score (nSPS) is 16.6. The highest BCUT2D eigenvalue weighted by molar-refractivity contribution is 7.91. The minimum Gasteiger partial charge on any atom is -0.457 e. The molecule has 0 aromatic heterocycles. The molecule has 8 heteroatoms. The van der Waals surface area contributed by atoms with Crippen LogP contribution >= 0.6 is 11.6 Å². The van der Waals surface area contributed by atoms with E-state index in [0.29, 0.717) is 42.6 Å². The van der Waals surface area contributed by atoms with Gasteiger partial charge in [-0.05, 0) is 61.4 Å². The van der Waals surface area contributed by atoms with Crippen molar-refractivity contribution in [3.05, 3.63) is 53.6 Å². The molecular formula is C19H20ClNO5S. The van der Waals surface area contributed by atoms with Crippen molar-refractivity contribution in [2.24, 2.45) is 11.1 Å². The van der Waals surface area contributed by atoms with Crippen LogP contribution in [0.5, 0.6) is 11.5 Å². The largest absolute Gasteiger partial charge is 0.457 e. The minimum atomic E-state index is -3.69. The van der Waals surface area contributed by atoms with Crippen LogP contribution in [0.4, 0.5) is 0 Å². The topological polar surface area (TPSA) is 95.7 Å². The van der Waals surface area contributed by atoms with Gasteiger partial charge in [-0.3, -0.25) is 4.79 Å². The van der Waals surface area contributed by atoms with Gasteiger partial charge in [0.15, 0.2) is 9.84 Å². The van der Waals surface area contributed by atoms with Crippen LogP contribution in [0.15, 0.2) is 53.4 Å². The number of carbonyl (C=O) groups excluding carboxylic acids is 1. The van der Waals surface area contributed by atoms with Gasteiger partial charge >= 0.3 is 0 Å². The number of ether oxygens (including phenoxy) is 2. The fourth-order valence-electron chi connectivity index (χ4n) is 3.02. The summed E-state index contributed by atoms with van der Waals surface area (Å²) in [5.74, 6) is 0.157. The van der Waals surface area contributed by atoms with E-state index in [1.807, 2.05) is 0 Å². The van der Waals surface area contributed by atoms with E-state index < -0.39 is 21.2 Å². The van der Waals surface area contributed by atoms with Crippen LogP contribution in [0, 0.1) is 5.41 Å². The molecule has 144 valence electrons. The SMILES string of the molecule is NC(=O)C1(CS(=O)(=O)c2ccc(Oc3ccc(Cl)cc3)cc2)CCOCC1. The number of amides is 1. The highest BCUT2D eigenvalue weighted by atomic mass is 35.5. The molecule has 2 N–H and O–H groups in total. The summed E-state index contributed by atoms with van der Waals surface area (Å²) in [6.45, 7) is 0.651. The molecule has 1 saturated heterocycles. The van der Waals surface area contributed by atoms with Crippen LogP contribution in [0.1, 0.15) is 12.8 Å². The molecule has 1 aliphatic rings. The molecule has 1 amide bonds. The molecule has 0 bridgehead atoms. The summed E-state index contributed by atoms with van der Waals surface area (Å²) in [6, 6.07) is 12.9. The fourth-order valence-corrected chi connectivity index (χ4v) is 5.03. The first kappa shape index (κ1) is 19.7. The van der Waals surface area contributed by atoms with Gasteiger partial charge in [0.05, 0.1) is 16.1 Å². The van der Waals surface area contributed by atoms with Crippen molar-refractivity contribution in [1.29, 1.82) is 0 Å². The second-order valence-corrected chi connectivity index (χ2v) is 8.97. The Balaban J connectivity index is 1.76. The Kier molecular flexibility index (Phi) is 5.74. The lowest BCUT2D eigenvalue weighted by Gasteiger charge is -2.33. The van der Waals surface area contributed by atoms with Crippen LogP contribution in [0.3, 0.4) is 0 Å². The number of hydrogen-bond donors (Lipinski definition) is 1. The van der Waals surface area contributed by atoms with Gasteiger partial charge in [0, 0.05) is 18.2 Å². The van der Waals surface area contributed by atoms with Gasteiger partial charge in [0.2, 0.25) is 5.91 Å². The Morgan fingerprint density at radius 2 is 1.56 bits per heavy atom. The highest BCUT2D eigenvalue weighted by Crippen LogP contribution is 2.34. The quantitative estimate of drug-likeness (QED) is 0.790. The van der Waals surface area contributed by atoms with Crippen LogP contribution in [0.2, 0.25) is 5.02 Å². The van der Waals surface area contributed by atoms with E-state index in [0.717, 1.165) is 0 Å². The van der Waals surface area contributed by atoms with Crippen molar-refractivity contribution in [2.75, 3.05) is 19.0 Å². The molecule has 1 fully saturated rings. The molecule has 0 saturated carbocycles. The summed E-state index contributed by atoms with van der Waals surface area (Å²) in [5.41, 5.74) is 4.43. The van der Waals surface area contributed by atoms with Gasteiger partial charge in [0.1, 0.15) is 11.5 Å². The molecule has 2 aromatic rings. The summed E-state index contributed by atoms with van der Waals surface area (Å²) in [4.78, 5) is 12.1. The Labute approximate surface area is 163 Å². The molecule has 0 unspecified atom stereocenters. The second kappa shape index (κ2) is 7.88. The number of hydrogen-bond acceptors (Lipinski definition) is 5. The highest BCUT2D eigenvalue weighted by Gasteiger charge is 2.42. The van der Waals surface area contributed by atoms with Gasteiger partial charge in [-0.25, -0.2) is 8.42 Å². The maximum absolute atomic E-state index is 12.8. The minimum absolute atomic E-state index is 0.123. The van der Waals surface area contributed by atoms with Gasteiger partial charge in [-0.1, -0.05) is 11.6 Å². The third kappa shape index (κ3) is 4.61. The lowest BCUT2D eigenvalue weighted by molar-refractivity contribution is -0.131. The number of primary amides is 1. The molecule has 0 spiro atoms. The second-order valence-electron chi connectivity index (χ2n) is 6.54. The zero-order valence-electron chi connectivity index (χ0n) is 14.6. The van der Waals surface area contributed by atoms with Crippen LogP contribution in [-0.2, 0) is 19.4 Å². The number of rotatable bonds is 6. The standard InChI is InChI=1S/C19H20ClNO5S/c20-14-1-3-15(4-2-14)26-16-5-7-17(8-6-16)27(23,24)13-19(18(21)22)9-11-25-12-10-19/h1-8H,9-13H2,(H2,21,22). The predicted octanol–water partition coefficient (Wildman–Crippen LogP) is 3.19. The van der Waals surface area contributed by atoms with E-state index in [4.69, 9.17) is 26.8 Å². The molecule has 2 aromatic carbocycles. The Bertz CT molecular complexity index is 904. The monoisotopic (exact) mass is 409 g/mol. The first-order valence-corrected chi connectivity index (χ1v) is 10.5. The molecular weight excluding hydrogens is 390 g/mol. The molecule has 0 radical (unpaired) electrons. The summed E-state index contributed by atoms with van der Waals surface area (Å²) in [6.07, 6.45) is 0.610. The maximum atomic E-state index is 12.8. The van der Waals surface area contributed by atoms with Crippen LogP contribution in [-0.4, -0.2) is 33.3 Å². The van der Waals surface area contributed by atoms with Crippen molar-refractivity contribution in [3.8, 4) is 11.5 Å². The molecule has 1 heterocycles. The average molecular weight is 410 g/mol. The smallest absolute Gasteiger partial charge is 0.224 e. The van der Waals surface area contributed by atoms with Gasteiger partial charge in [-0.2, -0.15) is 0 Å². The molecule has 1 aliphatic heterocycles. The molecule has 3 rings (SSSR count). The molecule has 0 aliphatic carbocycles. The third-order valence-electron chi connectivity index (χ3n) is 4.67. The predicted molar refractivity (Wildman–Crippen MR) is 102 cm³/mol. The summed E-state index contributed by atoms with van der Waals surface area (Å²) in [5, 5.41) is 0.597. The average Bonchev–Trinajstić information content (AvgIpc) is 2.64. The lowest BCUT2D eigenvalue weighted by Crippen LogP contribution is -2.46. The van der Waals surface area contributed by atoms with Crippen molar-refractivity contribution in [3.63, 3.8) is 0 Å². The van der Waals surface area contributed by atoms with Gasteiger partial charge in [0.25, 0.3) is 0 Å². The Hall–Kier alpha value is -2.09.